The van der Waals surface area contributed by atoms with Crippen LogP contribution in [-0.4, -0.2) is 61.6 Å². The van der Waals surface area contributed by atoms with Gasteiger partial charge in [0, 0.05) is 44.8 Å². The Morgan fingerprint density at radius 3 is 2.49 bits per heavy atom. The zero-order valence-corrected chi connectivity index (χ0v) is 20.5. The van der Waals surface area contributed by atoms with Crippen molar-refractivity contribution in [2.75, 3.05) is 36.5 Å². The lowest BCUT2D eigenvalue weighted by Gasteiger charge is -2.34. The number of carbonyl (C=O) groups excluding carboxylic acids is 2. The minimum Gasteiger partial charge on any atom is -0.366 e. The Kier molecular flexibility index (Phi) is 13.3. The molecule has 0 saturated carbocycles. The molecule has 1 saturated heterocycles. The molecule has 1 atom stereocenters. The first kappa shape index (κ1) is 29.8. The molecule has 1 amide bonds. The number of likely N-dealkylation sites (N-methyl/N-ethyl adjacent to an activating group) is 1. The molecular formula is C24H33F4N5O2. The Balaban J connectivity index is 0.000000322. The first-order chi connectivity index (χ1) is 16.8. The van der Waals surface area contributed by atoms with Crippen LogP contribution in [0.3, 0.4) is 0 Å². The van der Waals surface area contributed by atoms with Gasteiger partial charge in [0.15, 0.2) is 5.82 Å². The molecule has 4 rings (SSSR count). The van der Waals surface area contributed by atoms with Gasteiger partial charge in [0.05, 0.1) is 11.9 Å². The first-order valence-electron chi connectivity index (χ1n) is 11.5. The highest BCUT2D eigenvalue weighted by Gasteiger charge is 2.35. The molecule has 194 valence electrons. The maximum Gasteiger partial charge on any atom is 0.379 e. The van der Waals surface area contributed by atoms with Gasteiger partial charge in [0.1, 0.15) is 17.8 Å². The van der Waals surface area contributed by atoms with Crippen molar-refractivity contribution in [1.82, 2.24) is 15.3 Å². The monoisotopic (exact) mass is 499 g/mol. The van der Waals surface area contributed by atoms with Gasteiger partial charge in [0.25, 0.3) is 5.91 Å². The molecular weight excluding hydrogens is 466 g/mol. The molecule has 2 aromatic heterocycles. The molecule has 4 heterocycles. The smallest absolute Gasteiger partial charge is 0.366 e. The summed E-state index contributed by atoms with van der Waals surface area (Å²) >= 11 is 0. The number of nitrogens with zero attached hydrogens (tertiary/aromatic N) is 4. The number of hydrogen-bond acceptors (Lipinski definition) is 6. The SMILES string of the molecule is CC.CCCNC(=O)c1ccc2c(n1)N(C)C1CCN2C1.FC(F)F.O=CCc1ccc(F)cn1. The van der Waals surface area contributed by atoms with Crippen molar-refractivity contribution in [3.63, 3.8) is 0 Å². The predicted molar refractivity (Wildman–Crippen MR) is 128 cm³/mol. The number of rotatable bonds is 5. The summed E-state index contributed by atoms with van der Waals surface area (Å²) in [7, 11) is 2.08. The fraction of sp³-hybridized carbons (Fsp3) is 0.500. The lowest BCUT2D eigenvalue weighted by atomic mass is 10.2. The Labute approximate surface area is 203 Å². The fourth-order valence-corrected chi connectivity index (χ4v) is 3.47. The van der Waals surface area contributed by atoms with E-state index in [1.807, 2.05) is 32.9 Å². The van der Waals surface area contributed by atoms with E-state index in [-0.39, 0.29) is 18.1 Å². The molecule has 1 N–H and O–H groups in total. The number of hydrogen-bond donors (Lipinski definition) is 1. The molecule has 1 unspecified atom stereocenters. The number of aromatic nitrogens is 2. The summed E-state index contributed by atoms with van der Waals surface area (Å²) in [5.41, 5.74) is 2.27. The number of carbonyl (C=O) groups is 2. The number of halogens is 4. The highest BCUT2D eigenvalue weighted by atomic mass is 19.4. The number of alkyl halides is 3. The highest BCUT2D eigenvalue weighted by Crippen LogP contribution is 2.37. The summed E-state index contributed by atoms with van der Waals surface area (Å²) in [4.78, 5) is 34.7. The number of fused-ring (bicyclic) bond motifs is 4. The van der Waals surface area contributed by atoms with Gasteiger partial charge in [-0.05, 0) is 37.1 Å². The van der Waals surface area contributed by atoms with Crippen molar-refractivity contribution >= 4 is 23.7 Å². The van der Waals surface area contributed by atoms with Crippen LogP contribution >= 0.6 is 0 Å². The standard InChI is InChI=1S/C14H20N4O.C7H6FNO.C2H6.CHF3/c1-3-7-15-14(19)11-4-5-12-13(16-11)17(2)10-6-8-18(12)9-10;8-6-1-2-7(3-4-10)9-5-6;1-2;2-1(3)4/h4-5,10H,3,6-9H2,1-2H3,(H,15,19);1-2,4-5H,3H2;1-2H3;1H. The third-order valence-corrected chi connectivity index (χ3v) is 5.09. The number of pyridine rings is 2. The molecule has 0 spiro atoms. The van der Waals surface area contributed by atoms with Crippen LogP contribution in [0.15, 0.2) is 30.5 Å². The molecule has 0 radical (unpaired) electrons. The van der Waals surface area contributed by atoms with Crippen LogP contribution in [0.2, 0.25) is 0 Å². The van der Waals surface area contributed by atoms with E-state index in [0.29, 0.717) is 24.0 Å². The maximum absolute atomic E-state index is 12.2. The molecule has 2 aromatic rings. The van der Waals surface area contributed by atoms with E-state index in [0.717, 1.165) is 43.5 Å². The Morgan fingerprint density at radius 1 is 1.23 bits per heavy atom. The lowest BCUT2D eigenvalue weighted by molar-refractivity contribution is -0.107. The van der Waals surface area contributed by atoms with E-state index >= 15 is 0 Å². The fourth-order valence-electron chi connectivity index (χ4n) is 3.47. The van der Waals surface area contributed by atoms with Gasteiger partial charge in [-0.2, -0.15) is 13.2 Å². The van der Waals surface area contributed by atoms with Crippen LogP contribution in [0.25, 0.3) is 0 Å². The second kappa shape index (κ2) is 15.6. The van der Waals surface area contributed by atoms with Crippen LogP contribution in [0, 0.1) is 5.82 Å². The quantitative estimate of drug-likeness (QED) is 0.485. The topological polar surface area (TPSA) is 78.4 Å². The summed E-state index contributed by atoms with van der Waals surface area (Å²) in [6.45, 7) is 5.24. The van der Waals surface area contributed by atoms with E-state index in [9.17, 15) is 27.2 Å². The van der Waals surface area contributed by atoms with Crippen LogP contribution in [0.1, 0.15) is 49.8 Å². The zero-order chi connectivity index (χ0) is 26.4. The van der Waals surface area contributed by atoms with Crippen LogP contribution in [0.4, 0.5) is 29.1 Å². The van der Waals surface area contributed by atoms with Crippen LogP contribution < -0.4 is 15.1 Å². The Morgan fingerprint density at radius 2 is 1.91 bits per heavy atom. The minimum absolute atomic E-state index is 0.0778. The molecule has 0 aromatic carbocycles. The van der Waals surface area contributed by atoms with Gasteiger partial charge in [-0.15, -0.1) is 0 Å². The number of aldehydes is 1. The van der Waals surface area contributed by atoms with Gasteiger partial charge in [-0.3, -0.25) is 9.78 Å². The van der Waals surface area contributed by atoms with Gasteiger partial charge in [-0.25, -0.2) is 9.37 Å². The molecule has 7 nitrogen and oxygen atoms in total. The van der Waals surface area contributed by atoms with Crippen molar-refractivity contribution in [3.8, 4) is 0 Å². The second-order valence-electron chi connectivity index (χ2n) is 7.38. The van der Waals surface area contributed by atoms with E-state index in [1.54, 1.807) is 0 Å². The van der Waals surface area contributed by atoms with Gasteiger partial charge in [-0.1, -0.05) is 20.8 Å². The highest BCUT2D eigenvalue weighted by molar-refractivity contribution is 5.93. The number of amides is 1. The van der Waals surface area contributed by atoms with Crippen molar-refractivity contribution in [2.45, 2.75) is 52.8 Å². The normalized spacial score (nSPS) is 14.9. The zero-order valence-electron chi connectivity index (χ0n) is 20.5. The summed E-state index contributed by atoms with van der Waals surface area (Å²) in [6, 6.07) is 7.17. The summed E-state index contributed by atoms with van der Waals surface area (Å²) in [5.74, 6) is 0.485. The second-order valence-corrected chi connectivity index (χ2v) is 7.38. The maximum atomic E-state index is 12.2. The summed E-state index contributed by atoms with van der Waals surface area (Å²) in [6.07, 6.45) is 4.19. The van der Waals surface area contributed by atoms with Crippen molar-refractivity contribution in [2.24, 2.45) is 0 Å². The minimum atomic E-state index is -3.67. The third-order valence-electron chi connectivity index (χ3n) is 5.09. The van der Waals surface area contributed by atoms with Gasteiger partial charge >= 0.3 is 6.68 Å². The predicted octanol–water partition coefficient (Wildman–Crippen LogP) is 4.42. The summed E-state index contributed by atoms with van der Waals surface area (Å²) < 4.78 is 41.2. The molecule has 2 bridgehead atoms. The first-order valence-corrected chi connectivity index (χ1v) is 11.5. The average molecular weight is 500 g/mol. The number of nitrogens with one attached hydrogen (secondary N) is 1. The van der Waals surface area contributed by atoms with Gasteiger partial charge < -0.3 is 19.9 Å². The Bertz CT molecular complexity index is 913. The van der Waals surface area contributed by atoms with Crippen molar-refractivity contribution in [1.29, 1.82) is 0 Å². The van der Waals surface area contributed by atoms with Crippen LogP contribution in [-0.2, 0) is 11.2 Å². The largest absolute Gasteiger partial charge is 0.379 e. The van der Waals surface area contributed by atoms with Crippen molar-refractivity contribution in [3.05, 3.63) is 47.7 Å². The molecule has 11 heteroatoms. The molecule has 2 aliphatic heterocycles. The van der Waals surface area contributed by atoms with Crippen molar-refractivity contribution < 1.29 is 27.2 Å². The Hall–Kier alpha value is -3.24. The van der Waals surface area contributed by atoms with Crippen LogP contribution in [0.5, 0.6) is 0 Å². The van der Waals surface area contributed by atoms with E-state index < -0.39 is 6.68 Å². The molecule has 2 aliphatic rings. The lowest BCUT2D eigenvalue weighted by Crippen LogP contribution is -2.40. The average Bonchev–Trinajstić information content (AvgIpc) is 3.30. The number of anilines is 2. The van der Waals surface area contributed by atoms with E-state index in [4.69, 9.17) is 0 Å². The summed E-state index contributed by atoms with van der Waals surface area (Å²) in [5, 5.41) is 2.87. The van der Waals surface area contributed by atoms with E-state index in [1.165, 1.54) is 18.6 Å². The molecule has 35 heavy (non-hydrogen) atoms. The van der Waals surface area contributed by atoms with E-state index in [2.05, 4.69) is 32.1 Å². The molecule has 1 fully saturated rings. The third kappa shape index (κ3) is 9.50. The molecule has 0 aliphatic carbocycles. The van der Waals surface area contributed by atoms with Gasteiger partial charge in [0.2, 0.25) is 0 Å².